The lowest BCUT2D eigenvalue weighted by Gasteiger charge is -2.04. The van der Waals surface area contributed by atoms with Gasteiger partial charge in [0.15, 0.2) is 5.78 Å². The zero-order valence-electron chi connectivity index (χ0n) is 7.70. The number of nitrogens with two attached hydrogens (primary N) is 1. The summed E-state index contributed by atoms with van der Waals surface area (Å²) in [7, 11) is 0. The van der Waals surface area contributed by atoms with Gasteiger partial charge in [-0.1, -0.05) is 6.07 Å². The normalized spacial score (nSPS) is 10.2. The number of carbonyl (C=O) groups is 1. The average Bonchev–Trinajstić information content (AvgIpc) is 2.74. The van der Waals surface area contributed by atoms with E-state index in [-0.39, 0.29) is 5.78 Å². The van der Waals surface area contributed by atoms with Crippen molar-refractivity contribution in [2.45, 2.75) is 0 Å². The van der Waals surface area contributed by atoms with Crippen LogP contribution in [0.5, 0.6) is 0 Å². The van der Waals surface area contributed by atoms with E-state index in [1.165, 1.54) is 6.20 Å². The lowest BCUT2D eigenvalue weighted by atomic mass is 10.1. The van der Waals surface area contributed by atoms with Gasteiger partial charge in [0.2, 0.25) is 0 Å². The number of hydrogen-bond donors (Lipinski definition) is 2. The van der Waals surface area contributed by atoms with E-state index < -0.39 is 0 Å². The van der Waals surface area contributed by atoms with Crippen molar-refractivity contribution in [2.24, 2.45) is 0 Å². The van der Waals surface area contributed by atoms with Gasteiger partial charge in [0.05, 0.1) is 17.4 Å². The van der Waals surface area contributed by atoms with Crippen molar-refractivity contribution in [3.8, 4) is 0 Å². The van der Waals surface area contributed by atoms with Gasteiger partial charge in [-0.3, -0.25) is 9.89 Å². The monoisotopic (exact) mass is 265 g/mol. The molecule has 4 nitrogen and oxygen atoms in total. The van der Waals surface area contributed by atoms with Gasteiger partial charge in [-0.2, -0.15) is 5.10 Å². The largest absolute Gasteiger partial charge is 0.397 e. The van der Waals surface area contributed by atoms with E-state index in [0.29, 0.717) is 16.8 Å². The van der Waals surface area contributed by atoms with E-state index in [0.717, 1.165) is 4.47 Å². The molecule has 0 spiro atoms. The zero-order chi connectivity index (χ0) is 10.8. The highest BCUT2D eigenvalue weighted by molar-refractivity contribution is 9.10. The Hall–Kier alpha value is -1.62. The summed E-state index contributed by atoms with van der Waals surface area (Å²) in [5.74, 6) is -0.137. The van der Waals surface area contributed by atoms with Gasteiger partial charge in [0.1, 0.15) is 0 Å². The minimum absolute atomic E-state index is 0.137. The topological polar surface area (TPSA) is 71.8 Å². The number of aromatic amines is 1. The molecule has 0 saturated heterocycles. The molecule has 5 heteroatoms. The van der Waals surface area contributed by atoms with Crippen molar-refractivity contribution in [2.75, 3.05) is 5.73 Å². The van der Waals surface area contributed by atoms with E-state index in [4.69, 9.17) is 5.73 Å². The fourth-order valence-electron chi connectivity index (χ4n) is 1.27. The highest BCUT2D eigenvalue weighted by Gasteiger charge is 2.14. The molecule has 1 aromatic heterocycles. The minimum atomic E-state index is -0.137. The minimum Gasteiger partial charge on any atom is -0.397 e. The number of nitrogens with zero attached hydrogens (tertiary/aromatic N) is 1. The van der Waals surface area contributed by atoms with Gasteiger partial charge >= 0.3 is 0 Å². The first-order valence-corrected chi connectivity index (χ1v) is 5.07. The number of nitrogens with one attached hydrogen (secondary N) is 1. The number of hydrogen-bond acceptors (Lipinski definition) is 3. The van der Waals surface area contributed by atoms with Crippen molar-refractivity contribution < 1.29 is 4.79 Å². The summed E-state index contributed by atoms with van der Waals surface area (Å²) in [6.07, 6.45) is 3.02. The number of carbonyl (C=O) groups excluding carboxylic acids is 1. The van der Waals surface area contributed by atoms with Crippen LogP contribution >= 0.6 is 15.9 Å². The molecule has 2 aromatic rings. The van der Waals surface area contributed by atoms with Crippen LogP contribution in [0.25, 0.3) is 0 Å². The summed E-state index contributed by atoms with van der Waals surface area (Å²) in [5, 5.41) is 6.31. The molecule has 0 amide bonds. The number of rotatable bonds is 2. The summed E-state index contributed by atoms with van der Waals surface area (Å²) in [5.41, 5.74) is 7.22. The van der Waals surface area contributed by atoms with Gasteiger partial charge in [-0.05, 0) is 28.1 Å². The standard InChI is InChI=1S/C10H8BrN3O/c11-8-3-1-2-7(9(8)12)10(15)6-4-13-14-5-6/h1-5H,12H2,(H,13,14). The molecular formula is C10H8BrN3O. The van der Waals surface area contributed by atoms with Gasteiger partial charge < -0.3 is 5.73 Å². The van der Waals surface area contributed by atoms with Gasteiger partial charge in [0.25, 0.3) is 0 Å². The summed E-state index contributed by atoms with van der Waals surface area (Å²) < 4.78 is 0.719. The first-order chi connectivity index (χ1) is 7.20. The van der Waals surface area contributed by atoms with E-state index in [1.54, 1.807) is 24.4 Å². The number of nitrogen functional groups attached to an aromatic ring is 1. The number of aromatic nitrogens is 2. The van der Waals surface area contributed by atoms with Crippen LogP contribution in [-0.4, -0.2) is 16.0 Å². The molecule has 0 bridgehead atoms. The van der Waals surface area contributed by atoms with Crippen LogP contribution in [0.3, 0.4) is 0 Å². The van der Waals surface area contributed by atoms with Gasteiger partial charge in [-0.15, -0.1) is 0 Å². The number of anilines is 1. The molecule has 0 aliphatic heterocycles. The second-order valence-corrected chi connectivity index (χ2v) is 3.87. The Labute approximate surface area is 94.6 Å². The fraction of sp³-hybridized carbons (Fsp3) is 0. The quantitative estimate of drug-likeness (QED) is 0.645. The lowest BCUT2D eigenvalue weighted by molar-refractivity contribution is 0.103. The molecule has 0 aliphatic rings. The predicted molar refractivity (Wildman–Crippen MR) is 60.6 cm³/mol. The molecule has 1 aromatic carbocycles. The highest BCUT2D eigenvalue weighted by Crippen LogP contribution is 2.24. The van der Waals surface area contributed by atoms with Crippen molar-refractivity contribution in [1.29, 1.82) is 0 Å². The third-order valence-electron chi connectivity index (χ3n) is 2.06. The zero-order valence-corrected chi connectivity index (χ0v) is 9.28. The van der Waals surface area contributed by atoms with Gasteiger partial charge in [-0.25, -0.2) is 0 Å². The predicted octanol–water partition coefficient (Wildman–Crippen LogP) is 1.99. The van der Waals surface area contributed by atoms with Crippen molar-refractivity contribution in [1.82, 2.24) is 10.2 Å². The van der Waals surface area contributed by atoms with E-state index in [1.807, 2.05) is 0 Å². The number of para-hydroxylation sites is 1. The molecule has 0 atom stereocenters. The maximum absolute atomic E-state index is 11.9. The Balaban J connectivity index is 2.47. The van der Waals surface area contributed by atoms with E-state index >= 15 is 0 Å². The first-order valence-electron chi connectivity index (χ1n) is 4.27. The second kappa shape index (κ2) is 3.86. The molecule has 0 saturated carbocycles. The van der Waals surface area contributed by atoms with Crippen molar-refractivity contribution >= 4 is 27.4 Å². The van der Waals surface area contributed by atoms with Crippen LogP contribution in [0.4, 0.5) is 5.69 Å². The van der Waals surface area contributed by atoms with E-state index in [2.05, 4.69) is 26.1 Å². The van der Waals surface area contributed by atoms with E-state index in [9.17, 15) is 4.79 Å². The molecule has 0 radical (unpaired) electrons. The Kier molecular flexibility index (Phi) is 2.55. The van der Waals surface area contributed by atoms with Gasteiger partial charge in [0, 0.05) is 16.2 Å². The molecule has 1 heterocycles. The molecule has 76 valence electrons. The highest BCUT2D eigenvalue weighted by atomic mass is 79.9. The summed E-state index contributed by atoms with van der Waals surface area (Å²) in [6.45, 7) is 0. The molecule has 0 aliphatic carbocycles. The maximum Gasteiger partial charge on any atom is 0.198 e. The first kappa shape index (κ1) is 9.92. The number of benzene rings is 1. The number of H-pyrrole nitrogens is 1. The fourth-order valence-corrected chi connectivity index (χ4v) is 1.63. The Morgan fingerprint density at radius 3 is 2.93 bits per heavy atom. The maximum atomic E-state index is 11.9. The third-order valence-corrected chi connectivity index (χ3v) is 2.75. The Morgan fingerprint density at radius 1 is 1.47 bits per heavy atom. The number of ketones is 1. The SMILES string of the molecule is Nc1c(Br)cccc1C(=O)c1cn[nH]c1. The summed E-state index contributed by atoms with van der Waals surface area (Å²) in [4.78, 5) is 11.9. The Bertz CT molecular complexity index is 493. The lowest BCUT2D eigenvalue weighted by Crippen LogP contribution is -2.04. The van der Waals surface area contributed by atoms with Crippen LogP contribution in [0, 0.1) is 0 Å². The molecule has 0 unspecified atom stereocenters. The average molecular weight is 266 g/mol. The van der Waals surface area contributed by atoms with Crippen LogP contribution < -0.4 is 5.73 Å². The summed E-state index contributed by atoms with van der Waals surface area (Å²) >= 11 is 3.28. The molecule has 0 fully saturated rings. The smallest absolute Gasteiger partial charge is 0.198 e. The van der Waals surface area contributed by atoms with Crippen molar-refractivity contribution in [3.63, 3.8) is 0 Å². The molecular weight excluding hydrogens is 258 g/mol. The van der Waals surface area contributed by atoms with Crippen LogP contribution in [0.1, 0.15) is 15.9 Å². The molecule has 2 rings (SSSR count). The Morgan fingerprint density at radius 2 is 2.27 bits per heavy atom. The summed E-state index contributed by atoms with van der Waals surface area (Å²) in [6, 6.07) is 5.25. The van der Waals surface area contributed by atoms with Crippen LogP contribution in [0.15, 0.2) is 35.1 Å². The van der Waals surface area contributed by atoms with Crippen LogP contribution in [0.2, 0.25) is 0 Å². The number of halogens is 1. The third kappa shape index (κ3) is 1.78. The van der Waals surface area contributed by atoms with Crippen LogP contribution in [-0.2, 0) is 0 Å². The second-order valence-electron chi connectivity index (χ2n) is 3.02. The van der Waals surface area contributed by atoms with Crippen molar-refractivity contribution in [3.05, 3.63) is 46.2 Å². The molecule has 15 heavy (non-hydrogen) atoms. The molecule has 3 N–H and O–H groups in total.